The smallest absolute Gasteiger partial charge is 0.239 e. The van der Waals surface area contributed by atoms with Gasteiger partial charge in [0.25, 0.3) is 0 Å². The first-order valence-electron chi connectivity index (χ1n) is 7.50. The topological polar surface area (TPSA) is 49.6 Å². The lowest BCUT2D eigenvalue weighted by atomic mass is 10.1. The predicted octanol–water partition coefficient (Wildman–Crippen LogP) is 1.20. The number of hydrogen-bond acceptors (Lipinski definition) is 3. The summed E-state index contributed by atoms with van der Waals surface area (Å²) in [4.78, 5) is 16.7. The number of likely N-dealkylation sites (tertiary alicyclic amines) is 2. The number of piperidine rings is 1. The Morgan fingerprint density at radius 1 is 1.28 bits per heavy atom. The molecule has 0 aromatic carbocycles. The van der Waals surface area contributed by atoms with E-state index in [0.717, 1.165) is 32.4 Å². The maximum Gasteiger partial charge on any atom is 0.239 e. The van der Waals surface area contributed by atoms with E-state index in [2.05, 4.69) is 11.8 Å². The molecule has 104 valence electrons. The highest BCUT2D eigenvalue weighted by molar-refractivity contribution is 5.81. The van der Waals surface area contributed by atoms with Gasteiger partial charge in [-0.15, -0.1) is 0 Å². The highest BCUT2D eigenvalue weighted by Crippen LogP contribution is 2.20. The van der Waals surface area contributed by atoms with Gasteiger partial charge >= 0.3 is 0 Å². The molecule has 2 atom stereocenters. The molecule has 1 amide bonds. The normalized spacial score (nSPS) is 27.4. The summed E-state index contributed by atoms with van der Waals surface area (Å²) < 4.78 is 0. The fourth-order valence-electron chi connectivity index (χ4n) is 3.19. The van der Waals surface area contributed by atoms with Crippen LogP contribution in [-0.4, -0.2) is 54.0 Å². The number of hydrogen-bond donors (Lipinski definition) is 1. The Balaban J connectivity index is 1.81. The van der Waals surface area contributed by atoms with Crippen molar-refractivity contribution < 1.29 is 4.79 Å². The van der Waals surface area contributed by atoms with Gasteiger partial charge in [0, 0.05) is 19.1 Å². The van der Waals surface area contributed by atoms with E-state index < -0.39 is 0 Å². The van der Waals surface area contributed by atoms with E-state index in [4.69, 9.17) is 5.73 Å². The third kappa shape index (κ3) is 3.23. The maximum absolute atomic E-state index is 12.1. The lowest BCUT2D eigenvalue weighted by molar-refractivity contribution is -0.131. The van der Waals surface area contributed by atoms with Crippen molar-refractivity contribution in [3.8, 4) is 0 Å². The molecule has 0 aliphatic carbocycles. The van der Waals surface area contributed by atoms with Gasteiger partial charge in [0.05, 0.1) is 6.04 Å². The molecule has 4 heteroatoms. The van der Waals surface area contributed by atoms with Crippen LogP contribution in [0, 0.1) is 0 Å². The molecule has 0 bridgehead atoms. The molecule has 0 aromatic rings. The maximum atomic E-state index is 12.1. The van der Waals surface area contributed by atoms with Crippen molar-refractivity contribution in [1.29, 1.82) is 0 Å². The lowest BCUT2D eigenvalue weighted by Gasteiger charge is -2.32. The monoisotopic (exact) mass is 253 g/mol. The largest absolute Gasteiger partial charge is 0.340 e. The number of carbonyl (C=O) groups excluding carboxylic acids is 1. The highest BCUT2D eigenvalue weighted by Gasteiger charge is 2.32. The van der Waals surface area contributed by atoms with Crippen LogP contribution in [0.1, 0.15) is 45.4 Å². The molecule has 2 aliphatic rings. The summed E-state index contributed by atoms with van der Waals surface area (Å²) in [5, 5.41) is 0. The van der Waals surface area contributed by atoms with Crippen LogP contribution in [0.15, 0.2) is 0 Å². The van der Waals surface area contributed by atoms with Crippen molar-refractivity contribution in [2.75, 3.05) is 26.2 Å². The van der Waals surface area contributed by atoms with Gasteiger partial charge in [0.2, 0.25) is 5.91 Å². The van der Waals surface area contributed by atoms with Crippen molar-refractivity contribution in [3.05, 3.63) is 0 Å². The molecule has 1 unspecified atom stereocenters. The van der Waals surface area contributed by atoms with Crippen LogP contribution >= 0.6 is 0 Å². The van der Waals surface area contributed by atoms with Gasteiger partial charge in [0.15, 0.2) is 0 Å². The molecule has 18 heavy (non-hydrogen) atoms. The fraction of sp³-hybridized carbons (Fsp3) is 0.929. The summed E-state index contributed by atoms with van der Waals surface area (Å²) in [5.74, 6) is 0.163. The van der Waals surface area contributed by atoms with Crippen LogP contribution in [0.4, 0.5) is 0 Å². The Morgan fingerprint density at radius 3 is 2.67 bits per heavy atom. The summed E-state index contributed by atoms with van der Waals surface area (Å²) in [5.41, 5.74) is 5.93. The molecule has 2 heterocycles. The molecule has 2 N–H and O–H groups in total. The molecule has 0 saturated carbocycles. The molecule has 2 aliphatic heterocycles. The molecule has 4 nitrogen and oxygen atoms in total. The van der Waals surface area contributed by atoms with Gasteiger partial charge in [-0.3, -0.25) is 9.69 Å². The zero-order valence-electron chi connectivity index (χ0n) is 11.6. The Morgan fingerprint density at radius 2 is 2.00 bits per heavy atom. The molecular weight excluding hydrogens is 226 g/mol. The number of nitrogens with zero attached hydrogens (tertiary/aromatic N) is 2. The molecule has 2 fully saturated rings. The quantitative estimate of drug-likeness (QED) is 0.819. The second-order valence-electron chi connectivity index (χ2n) is 5.72. The molecule has 0 aromatic heterocycles. The van der Waals surface area contributed by atoms with E-state index in [-0.39, 0.29) is 11.9 Å². The zero-order chi connectivity index (χ0) is 13.0. The first-order chi connectivity index (χ1) is 8.72. The minimum absolute atomic E-state index is 0.163. The van der Waals surface area contributed by atoms with Gasteiger partial charge in [-0.2, -0.15) is 0 Å². The van der Waals surface area contributed by atoms with Gasteiger partial charge in [0.1, 0.15) is 0 Å². The van der Waals surface area contributed by atoms with Crippen molar-refractivity contribution in [2.24, 2.45) is 5.73 Å². The summed E-state index contributed by atoms with van der Waals surface area (Å²) in [6, 6.07) is 0.304. The number of rotatable bonds is 4. The van der Waals surface area contributed by atoms with Crippen molar-refractivity contribution in [1.82, 2.24) is 9.80 Å². The summed E-state index contributed by atoms with van der Waals surface area (Å²) in [7, 11) is 0. The minimum atomic E-state index is -0.282. The van der Waals surface area contributed by atoms with Crippen LogP contribution in [0.3, 0.4) is 0 Å². The van der Waals surface area contributed by atoms with E-state index in [1.54, 1.807) is 0 Å². The van der Waals surface area contributed by atoms with Crippen molar-refractivity contribution in [2.45, 2.75) is 57.5 Å². The number of nitrogens with two attached hydrogens (primary N) is 1. The van der Waals surface area contributed by atoms with E-state index >= 15 is 0 Å². The van der Waals surface area contributed by atoms with Crippen LogP contribution in [0.25, 0.3) is 0 Å². The Labute approximate surface area is 110 Å². The zero-order valence-corrected chi connectivity index (χ0v) is 11.6. The number of amides is 1. The van der Waals surface area contributed by atoms with E-state index in [1.807, 2.05) is 4.90 Å². The van der Waals surface area contributed by atoms with E-state index in [0.29, 0.717) is 6.04 Å². The average Bonchev–Trinajstić information content (AvgIpc) is 2.89. The standard InChI is InChI=1S/C14H27N3O/c1-2-6-13(15)14(18)17-10-7-12(11-17)16-8-4-3-5-9-16/h12-13H,2-11,15H2,1H3/t12?,13-/m0/s1. The third-order valence-corrected chi connectivity index (χ3v) is 4.30. The van der Waals surface area contributed by atoms with Crippen molar-refractivity contribution >= 4 is 5.91 Å². The molecule has 2 rings (SSSR count). The summed E-state index contributed by atoms with van der Waals surface area (Å²) >= 11 is 0. The average molecular weight is 253 g/mol. The molecular formula is C14H27N3O. The Kier molecular flexibility index (Phi) is 5.01. The van der Waals surface area contributed by atoms with E-state index in [1.165, 1.54) is 32.4 Å². The second-order valence-corrected chi connectivity index (χ2v) is 5.72. The van der Waals surface area contributed by atoms with Crippen LogP contribution < -0.4 is 5.73 Å². The Hall–Kier alpha value is -0.610. The minimum Gasteiger partial charge on any atom is -0.340 e. The first kappa shape index (κ1) is 13.8. The van der Waals surface area contributed by atoms with Crippen LogP contribution in [0.5, 0.6) is 0 Å². The first-order valence-corrected chi connectivity index (χ1v) is 7.50. The molecule has 0 radical (unpaired) electrons. The van der Waals surface area contributed by atoms with Gasteiger partial charge in [-0.05, 0) is 38.8 Å². The lowest BCUT2D eigenvalue weighted by Crippen LogP contribution is -2.45. The SMILES string of the molecule is CCC[C@H](N)C(=O)N1CCC(N2CCCCC2)C1. The Bertz CT molecular complexity index is 276. The van der Waals surface area contributed by atoms with Crippen molar-refractivity contribution in [3.63, 3.8) is 0 Å². The van der Waals surface area contributed by atoms with E-state index in [9.17, 15) is 4.79 Å². The van der Waals surface area contributed by atoms with Gasteiger partial charge < -0.3 is 10.6 Å². The van der Waals surface area contributed by atoms with Crippen LogP contribution in [0.2, 0.25) is 0 Å². The third-order valence-electron chi connectivity index (χ3n) is 4.30. The van der Waals surface area contributed by atoms with Crippen LogP contribution in [-0.2, 0) is 4.79 Å². The number of carbonyl (C=O) groups is 1. The molecule has 2 saturated heterocycles. The summed E-state index contributed by atoms with van der Waals surface area (Å²) in [6.07, 6.45) is 6.93. The van der Waals surface area contributed by atoms with Gasteiger partial charge in [-0.1, -0.05) is 19.8 Å². The highest BCUT2D eigenvalue weighted by atomic mass is 16.2. The molecule has 0 spiro atoms. The summed E-state index contributed by atoms with van der Waals surface area (Å²) in [6.45, 7) is 6.31. The second kappa shape index (κ2) is 6.53. The van der Waals surface area contributed by atoms with Gasteiger partial charge in [-0.25, -0.2) is 0 Å². The fourth-order valence-corrected chi connectivity index (χ4v) is 3.19. The predicted molar refractivity (Wildman–Crippen MR) is 73.3 cm³/mol.